The molecule has 0 aliphatic heterocycles. The van der Waals surface area contributed by atoms with E-state index < -0.39 is 18.5 Å². The molecule has 0 fully saturated rings. The molecule has 0 atom stereocenters. The van der Waals surface area contributed by atoms with E-state index in [2.05, 4.69) is 0 Å². The zero-order chi connectivity index (χ0) is 11.4. The minimum Gasteiger partial charge on any atom is -0.480 e. The molecule has 0 saturated heterocycles. The van der Waals surface area contributed by atoms with Crippen LogP contribution in [0.3, 0.4) is 0 Å². The number of carbonyl (C=O) groups is 2. The third kappa shape index (κ3) is 3.14. The van der Waals surface area contributed by atoms with Crippen molar-refractivity contribution in [3.05, 3.63) is 28.8 Å². The van der Waals surface area contributed by atoms with E-state index in [-0.39, 0.29) is 16.3 Å². The summed E-state index contributed by atoms with van der Waals surface area (Å²) in [6.45, 7) is -0.522. The van der Waals surface area contributed by atoms with E-state index in [4.69, 9.17) is 26.6 Å². The largest absolute Gasteiger partial charge is 0.480 e. The molecule has 0 radical (unpaired) electrons. The zero-order valence-corrected chi connectivity index (χ0v) is 8.19. The molecule has 2 N–H and O–H groups in total. The minimum atomic E-state index is -1.13. The number of halogens is 1. The van der Waals surface area contributed by atoms with E-state index in [9.17, 15) is 9.59 Å². The molecule has 0 heterocycles. The molecule has 0 aliphatic rings. The van der Waals surface area contributed by atoms with Gasteiger partial charge in [-0.05, 0) is 18.2 Å². The van der Waals surface area contributed by atoms with Crippen LogP contribution in [0.25, 0.3) is 0 Å². The second kappa shape index (κ2) is 4.65. The standard InChI is InChI=1S/C9H7ClO5/c10-6-3-5(9(13)14)1-2-7(6)15-4-8(11)12/h1-3H,4H2,(H,11,12)(H,13,14). The SMILES string of the molecule is O=C(O)COc1ccc(C(=O)O)cc1Cl. The summed E-state index contributed by atoms with van der Waals surface area (Å²) in [5.74, 6) is -2.10. The van der Waals surface area contributed by atoms with Gasteiger partial charge in [-0.3, -0.25) is 0 Å². The quantitative estimate of drug-likeness (QED) is 0.819. The molecule has 0 spiro atoms. The average molecular weight is 231 g/mol. The molecule has 0 amide bonds. The van der Waals surface area contributed by atoms with Gasteiger partial charge >= 0.3 is 11.9 Å². The molecule has 1 aromatic rings. The van der Waals surface area contributed by atoms with Crippen LogP contribution in [0.15, 0.2) is 18.2 Å². The lowest BCUT2D eigenvalue weighted by molar-refractivity contribution is -0.139. The van der Waals surface area contributed by atoms with Crippen LogP contribution in [0.4, 0.5) is 0 Å². The molecule has 80 valence electrons. The van der Waals surface area contributed by atoms with Gasteiger partial charge in [0, 0.05) is 0 Å². The number of carboxylic acid groups (broad SMARTS) is 2. The van der Waals surface area contributed by atoms with Crippen molar-refractivity contribution in [2.75, 3.05) is 6.61 Å². The van der Waals surface area contributed by atoms with Gasteiger partial charge in [-0.25, -0.2) is 9.59 Å². The predicted octanol–water partition coefficient (Wildman–Crippen LogP) is 1.50. The number of rotatable bonds is 4. The van der Waals surface area contributed by atoms with E-state index in [1.54, 1.807) is 0 Å². The second-order valence-electron chi connectivity index (χ2n) is 2.63. The van der Waals surface area contributed by atoms with Crippen molar-refractivity contribution in [2.24, 2.45) is 0 Å². The van der Waals surface area contributed by atoms with E-state index in [1.807, 2.05) is 0 Å². The molecule has 5 nitrogen and oxygen atoms in total. The van der Waals surface area contributed by atoms with E-state index in [0.717, 1.165) is 0 Å². The van der Waals surface area contributed by atoms with Gasteiger partial charge in [0.25, 0.3) is 0 Å². The molecule has 6 heteroatoms. The first-order valence-electron chi connectivity index (χ1n) is 3.88. The molecule has 15 heavy (non-hydrogen) atoms. The fraction of sp³-hybridized carbons (Fsp3) is 0.111. The highest BCUT2D eigenvalue weighted by atomic mass is 35.5. The van der Waals surface area contributed by atoms with Crippen LogP contribution < -0.4 is 4.74 Å². The van der Waals surface area contributed by atoms with Crippen molar-refractivity contribution in [1.82, 2.24) is 0 Å². The molecule has 0 unspecified atom stereocenters. The Kier molecular flexibility index (Phi) is 3.51. The van der Waals surface area contributed by atoms with Crippen LogP contribution in [0.5, 0.6) is 5.75 Å². The van der Waals surface area contributed by atoms with Gasteiger partial charge in [-0.1, -0.05) is 11.6 Å². The summed E-state index contributed by atoms with van der Waals surface area (Å²) < 4.78 is 4.81. The Hall–Kier alpha value is -1.75. The second-order valence-corrected chi connectivity index (χ2v) is 3.04. The zero-order valence-electron chi connectivity index (χ0n) is 7.44. The Balaban J connectivity index is 2.83. The van der Waals surface area contributed by atoms with Crippen LogP contribution in [-0.4, -0.2) is 28.8 Å². The maximum atomic E-state index is 10.5. The number of hydrogen-bond acceptors (Lipinski definition) is 3. The first-order valence-corrected chi connectivity index (χ1v) is 4.26. The third-order valence-electron chi connectivity index (χ3n) is 1.53. The lowest BCUT2D eigenvalue weighted by Gasteiger charge is -2.05. The van der Waals surface area contributed by atoms with Crippen LogP contribution in [0.2, 0.25) is 5.02 Å². The number of carboxylic acids is 2. The average Bonchev–Trinajstić information content (AvgIpc) is 2.15. The Labute approximate surface area is 89.9 Å². The Morgan fingerprint density at radius 3 is 2.47 bits per heavy atom. The number of aliphatic carboxylic acids is 1. The first-order chi connectivity index (χ1) is 7.00. The van der Waals surface area contributed by atoms with Gasteiger partial charge < -0.3 is 14.9 Å². The van der Waals surface area contributed by atoms with Crippen molar-refractivity contribution in [1.29, 1.82) is 0 Å². The fourth-order valence-corrected chi connectivity index (χ4v) is 1.13. The summed E-state index contributed by atoms with van der Waals surface area (Å²) >= 11 is 5.68. The summed E-state index contributed by atoms with van der Waals surface area (Å²) in [6, 6.07) is 3.79. The van der Waals surface area contributed by atoms with Gasteiger partial charge in [0.2, 0.25) is 0 Å². The molecular weight excluding hydrogens is 224 g/mol. The van der Waals surface area contributed by atoms with Gasteiger partial charge in [-0.2, -0.15) is 0 Å². The van der Waals surface area contributed by atoms with E-state index in [0.29, 0.717) is 0 Å². The number of ether oxygens (including phenoxy) is 1. The maximum Gasteiger partial charge on any atom is 0.341 e. The summed E-state index contributed by atoms with van der Waals surface area (Å²) in [4.78, 5) is 20.7. The number of aromatic carboxylic acids is 1. The Morgan fingerprint density at radius 2 is 2.00 bits per heavy atom. The summed E-state index contributed by atoms with van der Waals surface area (Å²) in [6.07, 6.45) is 0. The minimum absolute atomic E-state index is 0.0164. The lowest BCUT2D eigenvalue weighted by atomic mass is 10.2. The van der Waals surface area contributed by atoms with Gasteiger partial charge in [-0.15, -0.1) is 0 Å². The van der Waals surface area contributed by atoms with Gasteiger partial charge in [0.15, 0.2) is 6.61 Å². The van der Waals surface area contributed by atoms with Crippen LogP contribution in [0, 0.1) is 0 Å². The summed E-state index contributed by atoms with van der Waals surface area (Å²) in [7, 11) is 0. The fourth-order valence-electron chi connectivity index (χ4n) is 0.890. The highest BCUT2D eigenvalue weighted by Crippen LogP contribution is 2.25. The van der Waals surface area contributed by atoms with Gasteiger partial charge in [0.05, 0.1) is 10.6 Å². The Morgan fingerprint density at radius 1 is 1.33 bits per heavy atom. The topological polar surface area (TPSA) is 83.8 Å². The normalized spacial score (nSPS) is 9.67. The number of hydrogen-bond donors (Lipinski definition) is 2. The van der Waals surface area contributed by atoms with Crippen molar-refractivity contribution in [3.8, 4) is 5.75 Å². The molecule has 0 bridgehead atoms. The number of benzene rings is 1. The predicted molar refractivity (Wildman–Crippen MR) is 51.5 cm³/mol. The van der Waals surface area contributed by atoms with E-state index >= 15 is 0 Å². The van der Waals surface area contributed by atoms with E-state index in [1.165, 1.54) is 18.2 Å². The maximum absolute atomic E-state index is 10.5. The summed E-state index contributed by atoms with van der Waals surface area (Å²) in [5.41, 5.74) is 0.0164. The highest BCUT2D eigenvalue weighted by molar-refractivity contribution is 6.32. The van der Waals surface area contributed by atoms with Crippen molar-refractivity contribution >= 4 is 23.5 Å². The van der Waals surface area contributed by atoms with Crippen molar-refractivity contribution < 1.29 is 24.5 Å². The molecule has 0 saturated carbocycles. The molecule has 1 rings (SSSR count). The third-order valence-corrected chi connectivity index (χ3v) is 1.83. The van der Waals surface area contributed by atoms with Crippen LogP contribution >= 0.6 is 11.6 Å². The molecule has 1 aromatic carbocycles. The lowest BCUT2D eigenvalue weighted by Crippen LogP contribution is -2.09. The highest BCUT2D eigenvalue weighted by Gasteiger charge is 2.08. The smallest absolute Gasteiger partial charge is 0.341 e. The van der Waals surface area contributed by atoms with Gasteiger partial charge in [0.1, 0.15) is 5.75 Å². The Bertz CT molecular complexity index is 401. The monoisotopic (exact) mass is 230 g/mol. The molecular formula is C9H7ClO5. The molecule has 0 aliphatic carbocycles. The van der Waals surface area contributed by atoms with Crippen molar-refractivity contribution in [2.45, 2.75) is 0 Å². The summed E-state index contributed by atoms with van der Waals surface area (Å²) in [5, 5.41) is 17.0. The first kappa shape index (κ1) is 11.3. The van der Waals surface area contributed by atoms with Crippen molar-refractivity contribution in [3.63, 3.8) is 0 Å². The van der Waals surface area contributed by atoms with Crippen LogP contribution in [0.1, 0.15) is 10.4 Å². The molecule has 0 aromatic heterocycles. The van der Waals surface area contributed by atoms with Crippen LogP contribution in [-0.2, 0) is 4.79 Å².